The van der Waals surface area contributed by atoms with Gasteiger partial charge in [0.2, 0.25) is 11.8 Å². The maximum absolute atomic E-state index is 13.5. The molecule has 2 aliphatic heterocycles. The van der Waals surface area contributed by atoms with Crippen LogP contribution in [0.2, 0.25) is 0 Å². The number of oxazole rings is 2. The van der Waals surface area contributed by atoms with Crippen LogP contribution in [0.25, 0.3) is 56.2 Å². The van der Waals surface area contributed by atoms with Crippen molar-refractivity contribution in [3.63, 3.8) is 0 Å². The third-order valence-corrected chi connectivity index (χ3v) is 10.6. The van der Waals surface area contributed by atoms with Crippen molar-refractivity contribution < 1.29 is 45.8 Å². The zero-order valence-electron chi connectivity index (χ0n) is 30.1. The number of hydrogen-bond acceptors (Lipinski definition) is 9. The molecule has 6 aromatic rings. The molecule has 0 amide bonds. The quantitative estimate of drug-likeness (QED) is 0.117. The first-order chi connectivity index (χ1) is 26.5. The first kappa shape index (κ1) is 36.5. The highest BCUT2D eigenvalue weighted by molar-refractivity contribution is 5.85. The lowest BCUT2D eigenvalue weighted by Gasteiger charge is -2.17. The average molecular weight is 759 g/mol. The molecule has 8 rings (SSSR count). The fourth-order valence-corrected chi connectivity index (χ4v) is 7.86. The van der Waals surface area contributed by atoms with Gasteiger partial charge in [-0.15, -0.1) is 0 Å². The molecule has 0 aliphatic carbocycles. The number of hydrogen-bond donors (Lipinski definition) is 2. The Morgan fingerprint density at radius 3 is 1.82 bits per heavy atom. The van der Waals surface area contributed by atoms with Crippen LogP contribution in [-0.4, -0.2) is 64.3 Å². The lowest BCUT2D eigenvalue weighted by molar-refractivity contribution is -0.139. The van der Waals surface area contributed by atoms with Crippen molar-refractivity contribution in [3.05, 3.63) is 82.9 Å². The minimum absolute atomic E-state index is 0.0523. The number of nitrogens with one attached hydrogen (secondary N) is 1. The van der Waals surface area contributed by atoms with Gasteiger partial charge in [0.1, 0.15) is 28.6 Å². The number of fused-ring (bicyclic) bond motifs is 2. The minimum atomic E-state index is -3.07. The number of rotatable bonds is 12. The van der Waals surface area contributed by atoms with E-state index in [0.29, 0.717) is 64.5 Å². The number of halogens is 4. The van der Waals surface area contributed by atoms with Crippen LogP contribution in [0.3, 0.4) is 0 Å². The molecule has 55 heavy (non-hydrogen) atoms. The summed E-state index contributed by atoms with van der Waals surface area (Å²) in [6.07, 6.45) is 3.41. The molecule has 2 N–H and O–H groups in total. The summed E-state index contributed by atoms with van der Waals surface area (Å²) >= 11 is 0. The molecule has 2 aromatic heterocycles. The number of aromatic nitrogens is 2. The van der Waals surface area contributed by atoms with E-state index in [4.69, 9.17) is 28.3 Å². The van der Waals surface area contributed by atoms with E-state index < -0.39 is 25.2 Å². The molecule has 4 heterocycles. The summed E-state index contributed by atoms with van der Waals surface area (Å²) in [5.41, 5.74) is 7.61. The van der Waals surface area contributed by atoms with Gasteiger partial charge in [0.15, 0.2) is 11.2 Å². The number of benzene rings is 4. The fourth-order valence-electron chi connectivity index (χ4n) is 7.86. The molecule has 0 bridgehead atoms. The first-order valence-corrected chi connectivity index (χ1v) is 18.2. The predicted molar refractivity (Wildman–Crippen MR) is 196 cm³/mol. The Kier molecular flexibility index (Phi) is 9.95. The van der Waals surface area contributed by atoms with Gasteiger partial charge < -0.3 is 28.7 Å². The number of carbonyl (C=O) groups is 1. The molecular weight excluding hydrogens is 720 g/mol. The third kappa shape index (κ3) is 7.48. The zero-order valence-corrected chi connectivity index (χ0v) is 30.1. The van der Waals surface area contributed by atoms with E-state index in [-0.39, 0.29) is 29.5 Å². The Morgan fingerprint density at radius 1 is 0.800 bits per heavy atom. The highest BCUT2D eigenvalue weighted by Crippen LogP contribution is 2.40. The van der Waals surface area contributed by atoms with Crippen LogP contribution in [0.5, 0.6) is 11.5 Å². The maximum atomic E-state index is 13.5. The standard InChI is InChI=1S/C41H38F4N4O6/c1-21-26(7-5-9-28(21)37-47-31-16-23(15-25-11-12-30(46-25)39(50)51)33(54-40(42)43)18-35(31)52-37)27-8-6-10-29(22(27)2)38-48-32-17-24(20-49-13-3-4-14-49)34(55-41(44)45)19-36(32)53-38/h5-10,16-19,25,30,40-41,46H,3-4,11-15,20H2,1-2H3,(H,50,51)/t25?,30-/m0/s1. The molecular formula is C41H38F4N4O6. The van der Waals surface area contributed by atoms with E-state index in [1.807, 2.05) is 50.2 Å². The molecule has 2 saturated heterocycles. The topological polar surface area (TPSA) is 123 Å². The number of carboxylic acid groups (broad SMARTS) is 1. The second-order valence-corrected chi connectivity index (χ2v) is 14.1. The summed E-state index contributed by atoms with van der Waals surface area (Å²) in [7, 11) is 0. The Labute approximate surface area is 313 Å². The minimum Gasteiger partial charge on any atom is -0.480 e. The van der Waals surface area contributed by atoms with Crippen molar-refractivity contribution in [1.82, 2.24) is 20.2 Å². The summed E-state index contributed by atoms with van der Waals surface area (Å²) in [5, 5.41) is 12.4. The Balaban J connectivity index is 1.12. The van der Waals surface area contributed by atoms with Crippen LogP contribution in [0.1, 0.15) is 47.9 Å². The Hall–Kier alpha value is -5.47. The lowest BCUT2D eigenvalue weighted by Crippen LogP contribution is -2.36. The molecule has 1 unspecified atom stereocenters. The van der Waals surface area contributed by atoms with Gasteiger partial charge in [0.05, 0.1) is 0 Å². The smallest absolute Gasteiger partial charge is 0.387 e. The fraction of sp³-hybridized carbons (Fsp3) is 0.341. The monoisotopic (exact) mass is 758 g/mol. The van der Waals surface area contributed by atoms with E-state index in [2.05, 4.69) is 10.2 Å². The van der Waals surface area contributed by atoms with Crippen molar-refractivity contribution >= 4 is 28.2 Å². The summed E-state index contributed by atoms with van der Waals surface area (Å²) < 4.78 is 75.8. The Morgan fingerprint density at radius 2 is 1.31 bits per heavy atom. The Bertz CT molecular complexity index is 2390. The van der Waals surface area contributed by atoms with E-state index in [1.54, 1.807) is 12.1 Å². The third-order valence-electron chi connectivity index (χ3n) is 10.6. The number of alkyl halides is 4. The average Bonchev–Trinajstić information content (AvgIpc) is 3.96. The molecule has 286 valence electrons. The van der Waals surface area contributed by atoms with Gasteiger partial charge in [-0.05, 0) is 111 Å². The molecule has 2 fully saturated rings. The van der Waals surface area contributed by atoms with E-state index >= 15 is 0 Å². The van der Waals surface area contributed by atoms with Crippen LogP contribution >= 0.6 is 0 Å². The van der Waals surface area contributed by atoms with E-state index in [1.165, 1.54) is 12.1 Å². The van der Waals surface area contributed by atoms with Crippen molar-refractivity contribution in [3.8, 4) is 45.5 Å². The van der Waals surface area contributed by atoms with Crippen LogP contribution < -0.4 is 14.8 Å². The summed E-state index contributed by atoms with van der Waals surface area (Å²) in [6, 6.07) is 16.9. The normalized spacial score (nSPS) is 17.7. The van der Waals surface area contributed by atoms with Crippen molar-refractivity contribution in [2.24, 2.45) is 0 Å². The van der Waals surface area contributed by atoms with Gasteiger partial charge in [-0.25, -0.2) is 9.97 Å². The summed E-state index contributed by atoms with van der Waals surface area (Å²) in [4.78, 5) is 23.2. The van der Waals surface area contributed by atoms with Crippen LogP contribution in [0.15, 0.2) is 69.5 Å². The van der Waals surface area contributed by atoms with Gasteiger partial charge in [-0.3, -0.25) is 9.69 Å². The predicted octanol–water partition coefficient (Wildman–Crippen LogP) is 9.13. The molecule has 2 atom stereocenters. The molecule has 0 radical (unpaired) electrons. The molecule has 2 aliphatic rings. The molecule has 0 spiro atoms. The number of aliphatic carboxylic acids is 1. The second kappa shape index (κ2) is 15.0. The summed E-state index contributed by atoms with van der Waals surface area (Å²) in [5.74, 6) is -0.299. The van der Waals surface area contributed by atoms with Crippen molar-refractivity contribution in [2.45, 2.75) is 77.8 Å². The van der Waals surface area contributed by atoms with E-state index in [9.17, 15) is 27.5 Å². The number of carboxylic acids is 1. The highest BCUT2D eigenvalue weighted by atomic mass is 19.3. The molecule has 4 aromatic carbocycles. The zero-order chi connectivity index (χ0) is 38.4. The largest absolute Gasteiger partial charge is 0.480 e. The lowest BCUT2D eigenvalue weighted by atomic mass is 9.91. The van der Waals surface area contributed by atoms with Crippen LogP contribution in [0, 0.1) is 13.8 Å². The highest BCUT2D eigenvalue weighted by Gasteiger charge is 2.30. The number of ether oxygens (including phenoxy) is 2. The van der Waals surface area contributed by atoms with Gasteiger partial charge in [-0.2, -0.15) is 17.6 Å². The van der Waals surface area contributed by atoms with Crippen LogP contribution in [-0.2, 0) is 17.8 Å². The van der Waals surface area contributed by atoms with Crippen molar-refractivity contribution in [2.75, 3.05) is 13.1 Å². The first-order valence-electron chi connectivity index (χ1n) is 18.2. The second-order valence-electron chi connectivity index (χ2n) is 14.1. The number of likely N-dealkylation sites (tertiary alicyclic amines) is 1. The van der Waals surface area contributed by atoms with E-state index in [0.717, 1.165) is 53.7 Å². The van der Waals surface area contributed by atoms with Crippen molar-refractivity contribution in [1.29, 1.82) is 0 Å². The van der Waals surface area contributed by atoms with Gasteiger partial charge in [0, 0.05) is 41.4 Å². The summed E-state index contributed by atoms with van der Waals surface area (Å²) in [6.45, 7) is 0.117. The number of nitrogens with zero attached hydrogens (tertiary/aromatic N) is 3. The van der Waals surface area contributed by atoms with Gasteiger partial charge >= 0.3 is 19.2 Å². The molecule has 10 nitrogen and oxygen atoms in total. The molecule has 14 heteroatoms. The maximum Gasteiger partial charge on any atom is 0.387 e. The molecule has 0 saturated carbocycles. The van der Waals surface area contributed by atoms with Gasteiger partial charge in [-0.1, -0.05) is 24.3 Å². The SMILES string of the molecule is Cc1c(-c2nc3cc(CC4CC[C@@H](C(=O)O)N4)c(OC(F)F)cc3o2)cccc1-c1cccc(-c2nc3cc(CN4CCCC4)c(OC(F)F)cc3o2)c1C. The van der Waals surface area contributed by atoms with Gasteiger partial charge in [0.25, 0.3) is 0 Å². The van der Waals surface area contributed by atoms with Crippen LogP contribution in [0.4, 0.5) is 17.6 Å².